The summed E-state index contributed by atoms with van der Waals surface area (Å²) in [6, 6.07) is 14.1. The average molecular weight is 457 g/mol. The van der Waals surface area contributed by atoms with E-state index in [2.05, 4.69) is 21.5 Å². The number of nitrogens with one attached hydrogen (secondary N) is 4. The first-order valence-corrected chi connectivity index (χ1v) is 9.97. The summed E-state index contributed by atoms with van der Waals surface area (Å²) in [6.07, 6.45) is 2.80. The molecule has 4 N–H and O–H groups in total. The van der Waals surface area contributed by atoms with E-state index in [4.69, 9.17) is 21.7 Å². The second-order valence-electron chi connectivity index (χ2n) is 6.35. The molecule has 10 heteroatoms. The Hall–Kier alpha value is -3.92. The highest BCUT2D eigenvalue weighted by molar-refractivity contribution is 7.80. The lowest BCUT2D eigenvalue weighted by Gasteiger charge is -2.10. The van der Waals surface area contributed by atoms with Crippen LogP contribution >= 0.6 is 12.2 Å². The first-order chi connectivity index (χ1) is 15.4. The number of thiocarbonyl (C=S) groups is 1. The quantitative estimate of drug-likeness (QED) is 0.273. The molecular formula is C22H24N4O5S. The van der Waals surface area contributed by atoms with Crippen molar-refractivity contribution in [2.24, 2.45) is 0 Å². The lowest BCUT2D eigenvalue weighted by Crippen LogP contribution is -2.48. The van der Waals surface area contributed by atoms with Crippen LogP contribution < -0.4 is 31.0 Å². The minimum absolute atomic E-state index is 0.00437. The molecule has 0 heterocycles. The smallest absolute Gasteiger partial charge is 0.250 e. The van der Waals surface area contributed by atoms with E-state index < -0.39 is 11.8 Å². The number of amides is 3. The number of para-hydroxylation sites is 1. The van der Waals surface area contributed by atoms with E-state index >= 15 is 0 Å². The number of hydrogen-bond donors (Lipinski definition) is 4. The van der Waals surface area contributed by atoms with Crippen LogP contribution in [0, 0.1) is 0 Å². The molecule has 32 heavy (non-hydrogen) atoms. The molecule has 0 aliphatic rings. The molecular weight excluding hydrogens is 432 g/mol. The number of carbonyl (C=O) groups is 3. The van der Waals surface area contributed by atoms with E-state index in [1.165, 1.54) is 20.3 Å². The molecule has 0 bridgehead atoms. The van der Waals surface area contributed by atoms with Gasteiger partial charge in [-0.15, -0.1) is 0 Å². The molecule has 0 aliphatic heterocycles. The molecule has 2 aromatic carbocycles. The number of anilines is 1. The van der Waals surface area contributed by atoms with Crippen LogP contribution in [0.4, 0.5) is 5.69 Å². The molecule has 3 amide bonds. The zero-order valence-corrected chi connectivity index (χ0v) is 18.5. The highest BCUT2D eigenvalue weighted by atomic mass is 32.1. The minimum Gasteiger partial charge on any atom is -0.493 e. The van der Waals surface area contributed by atoms with Gasteiger partial charge < -0.3 is 14.8 Å². The van der Waals surface area contributed by atoms with Crippen molar-refractivity contribution in [3.8, 4) is 11.5 Å². The molecule has 0 aliphatic carbocycles. The molecule has 2 aromatic rings. The predicted molar refractivity (Wildman–Crippen MR) is 125 cm³/mol. The maximum Gasteiger partial charge on any atom is 0.250 e. The number of hydrazine groups is 1. The van der Waals surface area contributed by atoms with Crippen molar-refractivity contribution in [2.45, 2.75) is 12.8 Å². The van der Waals surface area contributed by atoms with Gasteiger partial charge in [0.15, 0.2) is 16.6 Å². The normalized spacial score (nSPS) is 10.2. The van der Waals surface area contributed by atoms with Crippen LogP contribution in [0.25, 0.3) is 6.08 Å². The summed E-state index contributed by atoms with van der Waals surface area (Å²) in [5, 5.41) is 4.99. The van der Waals surface area contributed by atoms with Gasteiger partial charge in [-0.05, 0) is 48.1 Å². The van der Waals surface area contributed by atoms with Crippen LogP contribution in [0.1, 0.15) is 18.4 Å². The summed E-state index contributed by atoms with van der Waals surface area (Å²) in [6.45, 7) is 0. The minimum atomic E-state index is -0.492. The highest BCUT2D eigenvalue weighted by Gasteiger charge is 2.08. The first kappa shape index (κ1) is 24.4. The van der Waals surface area contributed by atoms with Crippen molar-refractivity contribution in [3.63, 3.8) is 0 Å². The van der Waals surface area contributed by atoms with Gasteiger partial charge in [0.25, 0.3) is 0 Å². The standard InChI is InChI=1S/C22H24N4O5S/c1-30-17-10-8-15(14-18(17)31-2)9-11-20(28)24-22(32)26-25-21(29)13-12-19(27)23-16-6-4-3-5-7-16/h3-11,14H,12-13H2,1-2H3,(H,23,27)(H,25,29)(H2,24,26,28,32). The largest absolute Gasteiger partial charge is 0.493 e. The van der Waals surface area contributed by atoms with E-state index in [-0.39, 0.29) is 23.9 Å². The average Bonchev–Trinajstić information content (AvgIpc) is 2.80. The van der Waals surface area contributed by atoms with Gasteiger partial charge in [0.2, 0.25) is 17.7 Å². The third-order valence-corrected chi connectivity index (χ3v) is 4.23. The van der Waals surface area contributed by atoms with Crippen LogP contribution in [0.5, 0.6) is 11.5 Å². The summed E-state index contributed by atoms with van der Waals surface area (Å²) in [5.74, 6) is -0.123. The van der Waals surface area contributed by atoms with Crippen molar-refractivity contribution in [2.75, 3.05) is 19.5 Å². The third-order valence-electron chi connectivity index (χ3n) is 4.02. The van der Waals surface area contributed by atoms with Crippen molar-refractivity contribution in [1.82, 2.24) is 16.2 Å². The van der Waals surface area contributed by atoms with E-state index in [0.717, 1.165) is 5.56 Å². The topological polar surface area (TPSA) is 118 Å². The SMILES string of the molecule is COc1ccc(C=CC(=O)NC(=S)NNC(=O)CCC(=O)Nc2ccccc2)cc1OC. The van der Waals surface area contributed by atoms with Crippen molar-refractivity contribution in [1.29, 1.82) is 0 Å². The van der Waals surface area contributed by atoms with Crippen molar-refractivity contribution >= 4 is 46.8 Å². The van der Waals surface area contributed by atoms with Crippen molar-refractivity contribution < 1.29 is 23.9 Å². The van der Waals surface area contributed by atoms with Gasteiger partial charge in [0.1, 0.15) is 0 Å². The molecule has 0 saturated heterocycles. The van der Waals surface area contributed by atoms with Gasteiger partial charge in [-0.3, -0.25) is 30.6 Å². The van der Waals surface area contributed by atoms with Crippen molar-refractivity contribution in [3.05, 3.63) is 60.2 Å². The van der Waals surface area contributed by atoms with E-state index in [1.807, 2.05) is 6.07 Å². The van der Waals surface area contributed by atoms with Gasteiger partial charge in [-0.25, -0.2) is 0 Å². The lowest BCUT2D eigenvalue weighted by atomic mass is 10.2. The number of rotatable bonds is 8. The Morgan fingerprint density at radius 2 is 1.59 bits per heavy atom. The third kappa shape index (κ3) is 8.44. The fourth-order valence-corrected chi connectivity index (χ4v) is 2.63. The molecule has 0 aromatic heterocycles. The summed E-state index contributed by atoms with van der Waals surface area (Å²) in [7, 11) is 3.05. The number of methoxy groups -OCH3 is 2. The molecule has 0 atom stereocenters. The Morgan fingerprint density at radius 3 is 2.28 bits per heavy atom. The van der Waals surface area contributed by atoms with Gasteiger partial charge >= 0.3 is 0 Å². The molecule has 9 nitrogen and oxygen atoms in total. The second kappa shape index (κ2) is 12.7. The lowest BCUT2D eigenvalue weighted by molar-refractivity contribution is -0.124. The molecule has 0 unspecified atom stereocenters. The number of benzene rings is 2. The summed E-state index contributed by atoms with van der Waals surface area (Å²) < 4.78 is 10.4. The van der Waals surface area contributed by atoms with E-state index in [9.17, 15) is 14.4 Å². The zero-order valence-electron chi connectivity index (χ0n) is 17.6. The fraction of sp³-hybridized carbons (Fsp3) is 0.182. The van der Waals surface area contributed by atoms with Crippen LogP contribution in [0.15, 0.2) is 54.6 Å². The van der Waals surface area contributed by atoms with Crippen LogP contribution in [-0.2, 0) is 14.4 Å². The zero-order chi connectivity index (χ0) is 23.3. The van der Waals surface area contributed by atoms with Gasteiger partial charge in [0.05, 0.1) is 14.2 Å². The van der Waals surface area contributed by atoms with Gasteiger partial charge in [0, 0.05) is 24.6 Å². The predicted octanol–water partition coefficient (Wildman–Crippen LogP) is 2.16. The molecule has 0 saturated carbocycles. The number of carbonyl (C=O) groups excluding carboxylic acids is 3. The molecule has 2 rings (SSSR count). The molecule has 168 valence electrons. The number of hydrogen-bond acceptors (Lipinski definition) is 6. The molecule has 0 spiro atoms. The van der Waals surface area contributed by atoms with Crippen LogP contribution in [-0.4, -0.2) is 37.1 Å². The van der Waals surface area contributed by atoms with E-state index in [0.29, 0.717) is 17.2 Å². The Morgan fingerprint density at radius 1 is 0.906 bits per heavy atom. The Kier molecular flexibility index (Phi) is 9.67. The Balaban J connectivity index is 1.70. The summed E-state index contributed by atoms with van der Waals surface area (Å²) in [5.41, 5.74) is 6.12. The second-order valence-corrected chi connectivity index (χ2v) is 6.76. The Bertz CT molecular complexity index is 995. The molecule has 0 fully saturated rings. The Labute approximate surface area is 191 Å². The number of ether oxygens (including phenoxy) is 2. The van der Waals surface area contributed by atoms with Crippen LogP contribution in [0.3, 0.4) is 0 Å². The summed E-state index contributed by atoms with van der Waals surface area (Å²) >= 11 is 4.97. The maximum atomic E-state index is 12.0. The fourth-order valence-electron chi connectivity index (χ4n) is 2.47. The monoisotopic (exact) mass is 456 g/mol. The van der Waals surface area contributed by atoms with Crippen LogP contribution in [0.2, 0.25) is 0 Å². The summed E-state index contributed by atoms with van der Waals surface area (Å²) in [4.78, 5) is 35.7. The maximum absolute atomic E-state index is 12.0. The molecule has 0 radical (unpaired) electrons. The van der Waals surface area contributed by atoms with Gasteiger partial charge in [-0.2, -0.15) is 0 Å². The first-order valence-electron chi connectivity index (χ1n) is 9.56. The van der Waals surface area contributed by atoms with E-state index in [1.54, 1.807) is 48.5 Å². The van der Waals surface area contributed by atoms with Gasteiger partial charge in [-0.1, -0.05) is 24.3 Å². The highest BCUT2D eigenvalue weighted by Crippen LogP contribution is 2.27.